The fourth-order valence-corrected chi connectivity index (χ4v) is 1.96. The first-order valence-corrected chi connectivity index (χ1v) is 6.96. The highest BCUT2D eigenvalue weighted by Crippen LogP contribution is 2.20. The van der Waals surface area contributed by atoms with Crippen LogP contribution in [0.2, 0.25) is 0 Å². The van der Waals surface area contributed by atoms with Crippen LogP contribution in [0.15, 0.2) is 36.5 Å². The molecule has 0 saturated heterocycles. The lowest BCUT2D eigenvalue weighted by atomic mass is 10.2. The summed E-state index contributed by atoms with van der Waals surface area (Å²) in [6.07, 6.45) is 4.04. The average molecular weight is 290 g/mol. The fourth-order valence-electron chi connectivity index (χ4n) is 1.96. The molecule has 0 aliphatic heterocycles. The molecule has 1 aromatic carbocycles. The topological polar surface area (TPSA) is 34.1 Å². The lowest BCUT2D eigenvalue weighted by Gasteiger charge is -2.08. The third-order valence-electron chi connectivity index (χ3n) is 3.39. The maximum Gasteiger partial charge on any atom is 0.138 e. The van der Waals surface area contributed by atoms with Crippen molar-refractivity contribution < 1.29 is 13.5 Å². The molecule has 3 nitrogen and oxygen atoms in total. The largest absolute Gasteiger partial charge is 0.487 e. The van der Waals surface area contributed by atoms with Crippen molar-refractivity contribution in [2.75, 3.05) is 0 Å². The molecular weight excluding hydrogens is 274 g/mol. The fraction of sp³-hybridized carbons (Fsp3) is 0.312. The molecule has 5 heteroatoms. The monoisotopic (exact) mass is 290 g/mol. The molecule has 0 unspecified atom stereocenters. The van der Waals surface area contributed by atoms with Crippen molar-refractivity contribution in [3.8, 4) is 5.75 Å². The standard InChI is InChI=1S/C16H16F2N2O/c17-15-2-1-3-16(18)14(15)10-21-13-7-6-12(20-9-13)8-19-11-4-5-11/h1-3,6-7,9,11,19H,4-5,8,10H2. The van der Waals surface area contributed by atoms with Crippen molar-refractivity contribution in [1.29, 1.82) is 0 Å². The van der Waals surface area contributed by atoms with E-state index in [1.165, 1.54) is 31.0 Å². The molecule has 2 aromatic rings. The zero-order valence-electron chi connectivity index (χ0n) is 11.5. The van der Waals surface area contributed by atoms with Gasteiger partial charge in [-0.3, -0.25) is 4.98 Å². The van der Waals surface area contributed by atoms with Crippen LogP contribution in [-0.4, -0.2) is 11.0 Å². The van der Waals surface area contributed by atoms with Crippen LogP contribution in [0.5, 0.6) is 5.75 Å². The molecule has 0 radical (unpaired) electrons. The van der Waals surface area contributed by atoms with E-state index in [2.05, 4.69) is 10.3 Å². The van der Waals surface area contributed by atoms with Crippen LogP contribution in [0.1, 0.15) is 24.1 Å². The van der Waals surface area contributed by atoms with Gasteiger partial charge in [-0.25, -0.2) is 8.78 Å². The predicted molar refractivity (Wildman–Crippen MR) is 74.8 cm³/mol. The van der Waals surface area contributed by atoms with Crippen LogP contribution in [0, 0.1) is 11.6 Å². The number of hydrogen-bond donors (Lipinski definition) is 1. The Morgan fingerprint density at radius 1 is 1.14 bits per heavy atom. The quantitative estimate of drug-likeness (QED) is 0.887. The average Bonchev–Trinajstić information content (AvgIpc) is 3.30. The first-order chi connectivity index (χ1) is 10.2. The summed E-state index contributed by atoms with van der Waals surface area (Å²) >= 11 is 0. The number of pyridine rings is 1. The SMILES string of the molecule is Fc1cccc(F)c1COc1ccc(CNC2CC2)nc1. The molecule has 0 spiro atoms. The number of halogens is 2. The zero-order valence-corrected chi connectivity index (χ0v) is 11.5. The highest BCUT2D eigenvalue weighted by molar-refractivity contribution is 5.23. The molecule has 1 saturated carbocycles. The first-order valence-electron chi connectivity index (χ1n) is 6.96. The van der Waals surface area contributed by atoms with Gasteiger partial charge in [-0.1, -0.05) is 6.07 Å². The Labute approximate surface area is 122 Å². The van der Waals surface area contributed by atoms with Crippen molar-refractivity contribution in [2.45, 2.75) is 32.0 Å². The normalized spacial score (nSPS) is 14.2. The van der Waals surface area contributed by atoms with E-state index in [4.69, 9.17) is 4.74 Å². The van der Waals surface area contributed by atoms with Crippen molar-refractivity contribution in [2.24, 2.45) is 0 Å². The van der Waals surface area contributed by atoms with Crippen LogP contribution in [0.4, 0.5) is 8.78 Å². The number of nitrogens with zero attached hydrogens (tertiary/aromatic N) is 1. The number of benzene rings is 1. The van der Waals surface area contributed by atoms with Crippen LogP contribution in [0.3, 0.4) is 0 Å². The summed E-state index contributed by atoms with van der Waals surface area (Å²) in [5.74, 6) is -0.714. The second-order valence-electron chi connectivity index (χ2n) is 5.13. The first kappa shape index (κ1) is 13.9. The smallest absolute Gasteiger partial charge is 0.138 e. The Bertz CT molecular complexity index is 592. The van der Waals surface area contributed by atoms with E-state index in [1.807, 2.05) is 6.07 Å². The molecule has 1 aromatic heterocycles. The zero-order chi connectivity index (χ0) is 14.7. The lowest BCUT2D eigenvalue weighted by Crippen LogP contribution is -2.16. The lowest BCUT2D eigenvalue weighted by molar-refractivity contribution is 0.291. The van der Waals surface area contributed by atoms with Crippen molar-refractivity contribution in [3.05, 3.63) is 59.4 Å². The van der Waals surface area contributed by atoms with E-state index < -0.39 is 11.6 Å². The summed E-state index contributed by atoms with van der Waals surface area (Å²) in [5, 5.41) is 3.36. The summed E-state index contributed by atoms with van der Waals surface area (Å²) in [6, 6.07) is 8.00. The minimum Gasteiger partial charge on any atom is -0.487 e. The number of nitrogens with one attached hydrogen (secondary N) is 1. The number of ether oxygens (including phenoxy) is 1. The van der Waals surface area contributed by atoms with E-state index in [0.717, 1.165) is 12.2 Å². The van der Waals surface area contributed by atoms with E-state index >= 15 is 0 Å². The molecule has 0 atom stereocenters. The highest BCUT2D eigenvalue weighted by Gasteiger charge is 2.20. The highest BCUT2D eigenvalue weighted by atomic mass is 19.1. The molecule has 1 aliphatic rings. The van der Waals surface area contributed by atoms with Gasteiger partial charge in [0.1, 0.15) is 24.0 Å². The van der Waals surface area contributed by atoms with E-state index in [1.54, 1.807) is 12.3 Å². The van der Waals surface area contributed by atoms with Gasteiger partial charge in [0, 0.05) is 12.6 Å². The number of aromatic nitrogens is 1. The Balaban J connectivity index is 1.57. The van der Waals surface area contributed by atoms with Gasteiger partial charge in [0.2, 0.25) is 0 Å². The molecule has 1 aliphatic carbocycles. The van der Waals surface area contributed by atoms with Gasteiger partial charge in [-0.15, -0.1) is 0 Å². The summed E-state index contributed by atoms with van der Waals surface area (Å²) in [7, 11) is 0. The molecule has 21 heavy (non-hydrogen) atoms. The molecule has 1 heterocycles. The van der Waals surface area contributed by atoms with E-state index in [-0.39, 0.29) is 12.2 Å². The third-order valence-corrected chi connectivity index (χ3v) is 3.39. The molecular formula is C16H16F2N2O. The van der Waals surface area contributed by atoms with Gasteiger partial charge in [-0.05, 0) is 37.1 Å². The Morgan fingerprint density at radius 2 is 1.90 bits per heavy atom. The summed E-state index contributed by atoms with van der Waals surface area (Å²) in [6.45, 7) is 0.576. The van der Waals surface area contributed by atoms with Gasteiger partial charge < -0.3 is 10.1 Å². The molecule has 110 valence electrons. The van der Waals surface area contributed by atoms with Crippen LogP contribution in [0.25, 0.3) is 0 Å². The number of rotatable bonds is 6. The molecule has 3 rings (SSSR count). The van der Waals surface area contributed by atoms with Crippen molar-refractivity contribution >= 4 is 0 Å². The van der Waals surface area contributed by atoms with E-state index in [9.17, 15) is 8.78 Å². The van der Waals surface area contributed by atoms with Crippen LogP contribution < -0.4 is 10.1 Å². The predicted octanol–water partition coefficient (Wildman–Crippen LogP) is 3.19. The Morgan fingerprint density at radius 3 is 2.52 bits per heavy atom. The van der Waals surface area contributed by atoms with Gasteiger partial charge >= 0.3 is 0 Å². The van der Waals surface area contributed by atoms with Crippen LogP contribution in [-0.2, 0) is 13.2 Å². The Hall–Kier alpha value is -2.01. The van der Waals surface area contributed by atoms with Crippen molar-refractivity contribution in [3.63, 3.8) is 0 Å². The third kappa shape index (κ3) is 3.76. The molecule has 0 amide bonds. The summed E-state index contributed by atoms with van der Waals surface area (Å²) in [4.78, 5) is 4.26. The molecule has 0 bridgehead atoms. The van der Waals surface area contributed by atoms with Crippen LogP contribution >= 0.6 is 0 Å². The summed E-state index contributed by atoms with van der Waals surface area (Å²) in [5.41, 5.74) is 0.850. The maximum atomic E-state index is 13.5. The molecule has 1 fully saturated rings. The van der Waals surface area contributed by atoms with Gasteiger partial charge in [-0.2, -0.15) is 0 Å². The second kappa shape index (κ2) is 6.18. The Kier molecular flexibility index (Phi) is 4.10. The van der Waals surface area contributed by atoms with Crippen molar-refractivity contribution in [1.82, 2.24) is 10.3 Å². The van der Waals surface area contributed by atoms with E-state index in [0.29, 0.717) is 11.8 Å². The second-order valence-corrected chi connectivity index (χ2v) is 5.13. The minimum atomic E-state index is -0.604. The summed E-state index contributed by atoms with van der Waals surface area (Å²) < 4.78 is 32.3. The molecule has 1 N–H and O–H groups in total. The number of hydrogen-bond acceptors (Lipinski definition) is 3. The van der Waals surface area contributed by atoms with Gasteiger partial charge in [0.25, 0.3) is 0 Å². The van der Waals surface area contributed by atoms with Gasteiger partial charge in [0.15, 0.2) is 0 Å². The van der Waals surface area contributed by atoms with Gasteiger partial charge in [0.05, 0.1) is 17.5 Å². The minimum absolute atomic E-state index is 0.0722. The maximum absolute atomic E-state index is 13.5.